The topological polar surface area (TPSA) is 93.3 Å². The van der Waals surface area contributed by atoms with Gasteiger partial charge in [-0.15, -0.1) is 0 Å². The summed E-state index contributed by atoms with van der Waals surface area (Å²) in [5, 5.41) is 11.8. The van der Waals surface area contributed by atoms with Crippen molar-refractivity contribution < 1.29 is 9.90 Å². The number of nitrogens with one attached hydrogen (secondary N) is 1. The summed E-state index contributed by atoms with van der Waals surface area (Å²) in [6.07, 6.45) is 1.22. The van der Waals surface area contributed by atoms with Gasteiger partial charge in [0.15, 0.2) is 0 Å². The molecule has 0 fully saturated rings. The highest BCUT2D eigenvalue weighted by Gasteiger charge is 2.21. The van der Waals surface area contributed by atoms with E-state index in [0.29, 0.717) is 11.3 Å². The van der Waals surface area contributed by atoms with Gasteiger partial charge in [0.1, 0.15) is 5.70 Å². The summed E-state index contributed by atoms with van der Waals surface area (Å²) in [7, 11) is 0. The molecule has 23 heavy (non-hydrogen) atoms. The zero-order valence-corrected chi connectivity index (χ0v) is 12.4. The molecule has 0 amide bonds. The van der Waals surface area contributed by atoms with Gasteiger partial charge in [0.2, 0.25) is 0 Å². The number of aromatic nitrogens is 2. The quantitative estimate of drug-likeness (QED) is 0.853. The fourth-order valence-electron chi connectivity index (χ4n) is 2.58. The number of benzene rings is 1. The lowest BCUT2D eigenvalue weighted by Crippen LogP contribution is -2.44. The van der Waals surface area contributed by atoms with E-state index in [4.69, 9.17) is 5.11 Å². The molecule has 1 aliphatic heterocycles. The molecule has 2 N–H and O–H groups in total. The van der Waals surface area contributed by atoms with Crippen LogP contribution in [0.15, 0.2) is 45.6 Å². The van der Waals surface area contributed by atoms with Gasteiger partial charge >= 0.3 is 11.7 Å². The standard InChI is InChI=1S/C16H15N3O4/c1-10-13-7-17-12(15(21)22)9-18(13)16(23)19(14(10)20)8-11-5-3-2-4-6-11/h2-6,9,17H,7-8H2,1H3,(H,21,22). The van der Waals surface area contributed by atoms with Gasteiger partial charge < -0.3 is 10.4 Å². The van der Waals surface area contributed by atoms with Crippen molar-refractivity contribution in [3.8, 4) is 0 Å². The van der Waals surface area contributed by atoms with Crippen molar-refractivity contribution in [2.75, 3.05) is 0 Å². The molecule has 1 aliphatic rings. The largest absolute Gasteiger partial charge is 0.477 e. The molecule has 3 rings (SSSR count). The van der Waals surface area contributed by atoms with E-state index in [1.165, 1.54) is 10.8 Å². The lowest BCUT2D eigenvalue weighted by Gasteiger charge is -2.21. The zero-order valence-electron chi connectivity index (χ0n) is 12.4. The van der Waals surface area contributed by atoms with Crippen molar-refractivity contribution in [2.24, 2.45) is 0 Å². The smallest absolute Gasteiger partial charge is 0.353 e. The predicted octanol–water partition coefficient (Wildman–Crippen LogP) is 0.353. The minimum atomic E-state index is -1.15. The number of fused-ring (bicyclic) bond motifs is 1. The summed E-state index contributed by atoms with van der Waals surface area (Å²) < 4.78 is 2.36. The first-order valence-corrected chi connectivity index (χ1v) is 7.06. The van der Waals surface area contributed by atoms with Gasteiger partial charge in [-0.1, -0.05) is 30.3 Å². The molecule has 2 heterocycles. The van der Waals surface area contributed by atoms with Crippen LogP contribution in [0.1, 0.15) is 16.8 Å². The van der Waals surface area contributed by atoms with E-state index in [0.717, 1.165) is 10.1 Å². The highest BCUT2D eigenvalue weighted by atomic mass is 16.4. The minimum Gasteiger partial charge on any atom is -0.477 e. The molecule has 7 heteroatoms. The lowest BCUT2D eigenvalue weighted by atomic mass is 10.2. The molecule has 0 spiro atoms. The Morgan fingerprint density at radius 2 is 1.96 bits per heavy atom. The first-order valence-electron chi connectivity index (χ1n) is 7.06. The summed E-state index contributed by atoms with van der Waals surface area (Å²) in [6.45, 7) is 1.90. The van der Waals surface area contributed by atoms with Crippen molar-refractivity contribution in [1.29, 1.82) is 0 Å². The molecule has 118 valence electrons. The minimum absolute atomic E-state index is 0.0797. The van der Waals surface area contributed by atoms with Crippen molar-refractivity contribution >= 4 is 12.2 Å². The molecule has 0 saturated carbocycles. The van der Waals surface area contributed by atoms with E-state index in [2.05, 4.69) is 5.32 Å². The van der Waals surface area contributed by atoms with Crippen LogP contribution in [0.5, 0.6) is 0 Å². The monoisotopic (exact) mass is 313 g/mol. The van der Waals surface area contributed by atoms with Crippen molar-refractivity contribution in [1.82, 2.24) is 14.5 Å². The number of nitrogens with zero attached hydrogens (tertiary/aromatic N) is 2. The summed E-state index contributed by atoms with van der Waals surface area (Å²) in [6, 6.07) is 9.16. The summed E-state index contributed by atoms with van der Waals surface area (Å²) in [5.41, 5.74) is 0.744. The molecule has 0 radical (unpaired) electrons. The van der Waals surface area contributed by atoms with Crippen LogP contribution in [0, 0.1) is 6.92 Å². The Bertz CT molecular complexity index is 923. The van der Waals surface area contributed by atoms with E-state index in [-0.39, 0.29) is 24.3 Å². The molecule has 1 aromatic heterocycles. The van der Waals surface area contributed by atoms with Crippen molar-refractivity contribution in [3.63, 3.8) is 0 Å². The number of hydrogen-bond acceptors (Lipinski definition) is 4. The Morgan fingerprint density at radius 3 is 2.61 bits per heavy atom. The molecule has 0 unspecified atom stereocenters. The van der Waals surface area contributed by atoms with Crippen LogP contribution in [0.2, 0.25) is 0 Å². The van der Waals surface area contributed by atoms with E-state index in [9.17, 15) is 14.4 Å². The molecular formula is C16H15N3O4. The fourth-order valence-corrected chi connectivity index (χ4v) is 2.58. The second-order valence-electron chi connectivity index (χ2n) is 5.30. The molecule has 2 aromatic rings. The maximum atomic E-state index is 12.6. The number of hydrogen-bond donors (Lipinski definition) is 2. The van der Waals surface area contributed by atoms with Gasteiger partial charge in [-0.05, 0) is 12.5 Å². The van der Waals surface area contributed by atoms with Crippen LogP contribution in [-0.2, 0) is 17.9 Å². The third-order valence-corrected chi connectivity index (χ3v) is 3.85. The molecular weight excluding hydrogens is 298 g/mol. The van der Waals surface area contributed by atoms with Crippen LogP contribution >= 0.6 is 0 Å². The van der Waals surface area contributed by atoms with Crippen molar-refractivity contribution in [3.05, 3.63) is 73.7 Å². The van der Waals surface area contributed by atoms with Crippen LogP contribution in [-0.4, -0.2) is 20.2 Å². The SMILES string of the molecule is Cc1c2n(c(=O)n(Cc3ccccc3)c1=O)C=C(C(=O)O)NC2. The zero-order chi connectivity index (χ0) is 16.6. The first-order chi connectivity index (χ1) is 11.0. The normalized spacial score (nSPS) is 13.0. The third kappa shape index (κ3) is 2.57. The third-order valence-electron chi connectivity index (χ3n) is 3.85. The Balaban J connectivity index is 2.19. The number of carboxylic acid groups (broad SMARTS) is 1. The summed E-state index contributed by atoms with van der Waals surface area (Å²) in [4.78, 5) is 36.2. The maximum Gasteiger partial charge on any atom is 0.353 e. The number of aliphatic carboxylic acids is 1. The fraction of sp³-hybridized carbons (Fsp3) is 0.188. The summed E-state index contributed by atoms with van der Waals surface area (Å²) in [5.74, 6) is -1.15. The van der Waals surface area contributed by atoms with Crippen LogP contribution in [0.4, 0.5) is 0 Å². The highest BCUT2D eigenvalue weighted by molar-refractivity contribution is 5.89. The molecule has 0 bridgehead atoms. The number of rotatable bonds is 3. The second-order valence-corrected chi connectivity index (χ2v) is 5.30. The van der Waals surface area contributed by atoms with Gasteiger partial charge in [0.25, 0.3) is 5.56 Å². The molecule has 0 aliphatic carbocycles. The van der Waals surface area contributed by atoms with Gasteiger partial charge in [0, 0.05) is 11.8 Å². The summed E-state index contributed by atoms with van der Waals surface area (Å²) >= 11 is 0. The van der Waals surface area contributed by atoms with Gasteiger partial charge in [0.05, 0.1) is 18.8 Å². The van der Waals surface area contributed by atoms with Gasteiger partial charge in [-0.3, -0.25) is 13.9 Å². The Labute approximate surface area is 131 Å². The van der Waals surface area contributed by atoms with E-state index in [1.54, 1.807) is 6.92 Å². The maximum absolute atomic E-state index is 12.6. The van der Waals surface area contributed by atoms with E-state index >= 15 is 0 Å². The predicted molar refractivity (Wildman–Crippen MR) is 84.0 cm³/mol. The molecule has 0 saturated heterocycles. The van der Waals surface area contributed by atoms with Crippen LogP contribution in [0.25, 0.3) is 6.20 Å². The number of carboxylic acids is 1. The first kappa shape index (κ1) is 14.8. The Kier molecular flexibility index (Phi) is 3.61. The van der Waals surface area contributed by atoms with E-state index < -0.39 is 11.7 Å². The molecule has 0 atom stereocenters. The van der Waals surface area contributed by atoms with Gasteiger partial charge in [-0.25, -0.2) is 9.59 Å². The van der Waals surface area contributed by atoms with Gasteiger partial charge in [-0.2, -0.15) is 0 Å². The van der Waals surface area contributed by atoms with Crippen LogP contribution in [0.3, 0.4) is 0 Å². The number of carbonyl (C=O) groups is 1. The van der Waals surface area contributed by atoms with Crippen LogP contribution < -0.4 is 16.6 Å². The Morgan fingerprint density at radius 1 is 1.26 bits per heavy atom. The molecule has 1 aromatic carbocycles. The second kappa shape index (κ2) is 5.60. The average Bonchev–Trinajstić information content (AvgIpc) is 2.57. The van der Waals surface area contributed by atoms with E-state index in [1.807, 2.05) is 30.3 Å². The van der Waals surface area contributed by atoms with Crippen molar-refractivity contribution in [2.45, 2.75) is 20.0 Å². The molecule has 7 nitrogen and oxygen atoms in total. The average molecular weight is 313 g/mol. The lowest BCUT2D eigenvalue weighted by molar-refractivity contribution is -0.133. The Hall–Kier alpha value is -3.09. The highest BCUT2D eigenvalue weighted by Crippen LogP contribution is 2.10.